The lowest BCUT2D eigenvalue weighted by Gasteiger charge is -2.18. The van der Waals surface area contributed by atoms with Crippen molar-refractivity contribution in [1.82, 2.24) is 50.4 Å². The second kappa shape index (κ2) is 17.1. The van der Waals surface area contributed by atoms with Gasteiger partial charge in [-0.1, -0.05) is 12.1 Å². The van der Waals surface area contributed by atoms with Gasteiger partial charge < -0.3 is 24.2 Å². The van der Waals surface area contributed by atoms with E-state index < -0.39 is 63.4 Å². The van der Waals surface area contributed by atoms with Gasteiger partial charge in [0.25, 0.3) is 0 Å². The zero-order valence-corrected chi connectivity index (χ0v) is 32.8. The number of nitrogens with zero attached hydrogens (tertiary/aromatic N) is 12. The summed E-state index contributed by atoms with van der Waals surface area (Å²) in [5, 5.41) is 33.7. The van der Waals surface area contributed by atoms with E-state index in [2.05, 4.69) is 40.8 Å². The third-order valence-electron chi connectivity index (χ3n) is 9.14. The topological polar surface area (TPSA) is 257 Å². The maximum absolute atomic E-state index is 15.2. The molecule has 61 heavy (non-hydrogen) atoms. The Morgan fingerprint density at radius 3 is 1.69 bits per heavy atom. The van der Waals surface area contributed by atoms with Crippen LogP contribution in [-0.4, -0.2) is 124 Å². The molecule has 2 unspecified atom stereocenters. The zero-order valence-electron chi connectivity index (χ0n) is 31.9. The summed E-state index contributed by atoms with van der Waals surface area (Å²) in [7, 11) is -1.68. The zero-order chi connectivity index (χ0) is 42.8. The monoisotopic (exact) mass is 862 g/mol. The summed E-state index contributed by atoms with van der Waals surface area (Å²) in [5.41, 5.74) is 2.67. The van der Waals surface area contributed by atoms with Crippen molar-refractivity contribution < 1.29 is 56.2 Å². The van der Waals surface area contributed by atoms with E-state index in [0.29, 0.717) is 34.2 Å². The van der Waals surface area contributed by atoms with E-state index in [0.717, 1.165) is 11.0 Å². The normalized spacial score (nSPS) is 18.0. The van der Waals surface area contributed by atoms with Gasteiger partial charge in [0, 0.05) is 34.6 Å². The number of cyclic esters (lactones) is 2. The fourth-order valence-corrected chi connectivity index (χ4v) is 7.07. The number of anilines is 2. The molecule has 2 saturated heterocycles. The number of tetrazole rings is 2. The summed E-state index contributed by atoms with van der Waals surface area (Å²) >= 11 is 0. The van der Waals surface area contributed by atoms with Gasteiger partial charge in [0.1, 0.15) is 35.2 Å². The van der Waals surface area contributed by atoms with Crippen molar-refractivity contribution in [1.29, 1.82) is 0 Å². The molecule has 0 bridgehead atoms. The van der Waals surface area contributed by atoms with E-state index in [1.807, 2.05) is 0 Å². The van der Waals surface area contributed by atoms with Gasteiger partial charge in [-0.3, -0.25) is 28.8 Å². The van der Waals surface area contributed by atoms with Crippen molar-refractivity contribution in [2.24, 2.45) is 14.1 Å². The van der Waals surface area contributed by atoms with E-state index in [9.17, 15) is 24.2 Å². The maximum Gasteiger partial charge on any atom is 0.474 e. The van der Waals surface area contributed by atoms with Gasteiger partial charge in [-0.05, 0) is 59.0 Å². The number of aliphatic hydroxyl groups excluding tert-OH is 1. The van der Waals surface area contributed by atoms with Crippen LogP contribution in [0.2, 0.25) is 0 Å². The summed E-state index contributed by atoms with van der Waals surface area (Å²) in [6, 6.07) is 14.9. The van der Waals surface area contributed by atoms with Crippen LogP contribution >= 0.6 is 7.82 Å². The number of halogens is 2. The van der Waals surface area contributed by atoms with Crippen molar-refractivity contribution in [2.45, 2.75) is 18.5 Å². The van der Waals surface area contributed by atoms with Crippen LogP contribution in [0.5, 0.6) is 0 Å². The lowest BCUT2D eigenvalue weighted by molar-refractivity contribution is -0.101. The second-order valence-electron chi connectivity index (χ2n) is 13.5. The SMILES string of the molecule is Cn1nnc(-c2ccc(-c3ccc(N4C[C@H](COCC(O)OP(=O)(O)OC[C@H]5CN(c6ccc(-c7ccc(-c8nnn(C)n8)nc7)c(F)c6)C(=O)O5)OC4=O)cc3F)cn2)n1. The Morgan fingerprint density at radius 1 is 0.770 bits per heavy atom. The summed E-state index contributed by atoms with van der Waals surface area (Å²) in [6.45, 7) is -1.67. The average molecular weight is 863 g/mol. The van der Waals surface area contributed by atoms with Crippen LogP contribution in [0.4, 0.5) is 29.7 Å². The largest absolute Gasteiger partial charge is 0.474 e. The van der Waals surface area contributed by atoms with Crippen LogP contribution in [-0.2, 0) is 41.9 Å². The minimum Gasteiger partial charge on any atom is -0.441 e. The molecule has 0 saturated carbocycles. The Kier molecular flexibility index (Phi) is 11.5. The standard InChI is InChI=1S/C36H33F2N12O10P/c1-47-43-33(41-45-47)30-9-3-20(13-39-30)26-7-5-22(11-28(26)37)49-15-24(58-35(49)52)17-56-19-32(51)60-61(54,55)57-18-25-16-50(36(53)59-25)23-6-8-27(29(38)12-23)21-4-10-31(40-14-21)34-42-46-48(2)44-34/h3-14,24-25,32,51H,15-19H2,1-2H3,(H,54,55)/t24-,25-,32?/m1/s1. The Hall–Kier alpha value is -6.69. The van der Waals surface area contributed by atoms with Gasteiger partial charge in [-0.25, -0.2) is 22.9 Å². The molecule has 2 aliphatic rings. The molecule has 2 aromatic carbocycles. The average Bonchev–Trinajstić information content (AvgIpc) is 4.04. The third-order valence-corrected chi connectivity index (χ3v) is 10.1. The molecule has 6 heterocycles. The molecule has 2 fully saturated rings. The molecule has 2 amide bonds. The van der Waals surface area contributed by atoms with Gasteiger partial charge in [0.05, 0.1) is 58.4 Å². The Balaban J connectivity index is 0.772. The Bertz CT molecular complexity index is 2620. The number of aromatic nitrogens is 10. The molecule has 0 spiro atoms. The van der Waals surface area contributed by atoms with Gasteiger partial charge in [0.2, 0.25) is 11.6 Å². The number of rotatable bonds is 15. The quantitative estimate of drug-likeness (QED) is 0.111. The first-order valence-electron chi connectivity index (χ1n) is 18.2. The fourth-order valence-electron chi connectivity index (χ4n) is 6.29. The van der Waals surface area contributed by atoms with Crippen LogP contribution in [0.15, 0.2) is 73.1 Å². The molecule has 316 valence electrons. The lowest BCUT2D eigenvalue weighted by atomic mass is 10.1. The molecule has 6 aromatic rings. The van der Waals surface area contributed by atoms with E-state index in [1.165, 1.54) is 51.2 Å². The van der Waals surface area contributed by atoms with Crippen molar-refractivity contribution in [2.75, 3.05) is 42.7 Å². The summed E-state index contributed by atoms with van der Waals surface area (Å²) < 4.78 is 68.6. The molecule has 4 atom stereocenters. The highest BCUT2D eigenvalue weighted by Crippen LogP contribution is 2.45. The summed E-state index contributed by atoms with van der Waals surface area (Å²) in [6.07, 6.45) is -2.55. The lowest BCUT2D eigenvalue weighted by Crippen LogP contribution is -2.28. The number of hydrogen-bond acceptors (Lipinski definition) is 17. The van der Waals surface area contributed by atoms with Crippen molar-refractivity contribution in [3.8, 4) is 45.3 Å². The number of hydrogen-bond donors (Lipinski definition) is 2. The van der Waals surface area contributed by atoms with Gasteiger partial charge in [-0.2, -0.15) is 9.59 Å². The fraction of sp³-hybridized carbons (Fsp3) is 0.278. The number of phosphoric ester groups is 1. The number of phosphoric acid groups is 1. The second-order valence-corrected chi connectivity index (χ2v) is 14.9. The van der Waals surface area contributed by atoms with E-state index in [-0.39, 0.29) is 42.2 Å². The third kappa shape index (κ3) is 9.38. The number of benzene rings is 2. The molecule has 0 aliphatic carbocycles. The van der Waals surface area contributed by atoms with Crippen LogP contribution in [0.1, 0.15) is 0 Å². The first-order valence-corrected chi connectivity index (χ1v) is 19.7. The molecular weight excluding hydrogens is 829 g/mol. The molecule has 2 aliphatic heterocycles. The van der Waals surface area contributed by atoms with Crippen LogP contribution < -0.4 is 9.80 Å². The first kappa shape index (κ1) is 41.1. The van der Waals surface area contributed by atoms with E-state index in [1.54, 1.807) is 44.4 Å². The van der Waals surface area contributed by atoms with Crippen LogP contribution in [0.25, 0.3) is 45.3 Å². The number of ether oxygens (including phenoxy) is 3. The number of amides is 2. The maximum atomic E-state index is 15.2. The Morgan fingerprint density at radius 2 is 1.26 bits per heavy atom. The van der Waals surface area contributed by atoms with E-state index >= 15 is 8.78 Å². The highest BCUT2D eigenvalue weighted by Gasteiger charge is 2.37. The molecule has 25 heteroatoms. The van der Waals surface area contributed by atoms with Crippen molar-refractivity contribution in [3.05, 3.63) is 84.7 Å². The number of aryl methyl sites for hydroxylation is 2. The molecular formula is C36H33F2N12O10P. The Labute approximate surface area is 342 Å². The number of carbonyl (C=O) groups is 2. The molecule has 22 nitrogen and oxygen atoms in total. The van der Waals surface area contributed by atoms with Gasteiger partial charge >= 0.3 is 20.0 Å². The molecule has 0 radical (unpaired) electrons. The summed E-state index contributed by atoms with van der Waals surface area (Å²) in [4.78, 5) is 48.9. The molecule has 4 aromatic heterocycles. The van der Waals surface area contributed by atoms with Gasteiger partial charge in [-0.15, -0.1) is 20.4 Å². The molecule has 2 N–H and O–H groups in total. The number of pyridine rings is 2. The minimum atomic E-state index is -4.92. The minimum absolute atomic E-state index is 0.0274. The van der Waals surface area contributed by atoms with Crippen molar-refractivity contribution >= 4 is 31.4 Å². The number of aliphatic hydroxyl groups is 1. The number of carbonyl (C=O) groups excluding carboxylic acids is 2. The highest BCUT2D eigenvalue weighted by atomic mass is 31.2. The van der Waals surface area contributed by atoms with Gasteiger partial charge in [0.15, 0.2) is 6.29 Å². The smallest absolute Gasteiger partial charge is 0.441 e. The van der Waals surface area contributed by atoms with Crippen LogP contribution in [0, 0.1) is 11.6 Å². The molecule has 8 rings (SSSR count). The predicted octanol–water partition coefficient (Wildman–Crippen LogP) is 3.29. The van der Waals surface area contributed by atoms with Crippen molar-refractivity contribution in [3.63, 3.8) is 0 Å². The highest BCUT2D eigenvalue weighted by molar-refractivity contribution is 7.47. The first-order chi connectivity index (χ1) is 29.3. The predicted molar refractivity (Wildman–Crippen MR) is 204 cm³/mol. The van der Waals surface area contributed by atoms with E-state index in [4.69, 9.17) is 23.3 Å². The summed E-state index contributed by atoms with van der Waals surface area (Å²) in [5.74, 6) is -0.648. The van der Waals surface area contributed by atoms with Crippen LogP contribution in [0.3, 0.4) is 0 Å².